The molecule has 1 aliphatic carbocycles. The molecule has 2 heteroatoms. The van der Waals surface area contributed by atoms with E-state index in [1.807, 2.05) is 0 Å². The zero-order valence-corrected chi connectivity index (χ0v) is 12.2. The molecule has 0 aromatic heterocycles. The lowest BCUT2D eigenvalue weighted by molar-refractivity contribution is 0.429. The molecular weight excluding hydrogens is 242 g/mol. The van der Waals surface area contributed by atoms with Crippen molar-refractivity contribution >= 4 is 11.6 Å². The summed E-state index contributed by atoms with van der Waals surface area (Å²) < 4.78 is 0. The third-order valence-corrected chi connectivity index (χ3v) is 4.47. The molecule has 0 radical (unpaired) electrons. The first kappa shape index (κ1) is 13.9. The van der Waals surface area contributed by atoms with Crippen LogP contribution in [0.4, 0.5) is 0 Å². The standard InChI is InChI=1S/C16H24ClN/c1-12(2)14-8-6-13(7-9-14)11-18-16-5-3-4-15(16)10-17/h6-9,12,15-16,18H,3-5,10-11H2,1-2H3. The van der Waals surface area contributed by atoms with Crippen LogP contribution in [-0.2, 0) is 6.54 Å². The van der Waals surface area contributed by atoms with E-state index in [2.05, 4.69) is 43.4 Å². The van der Waals surface area contributed by atoms with Crippen molar-refractivity contribution < 1.29 is 0 Å². The van der Waals surface area contributed by atoms with Gasteiger partial charge in [-0.25, -0.2) is 0 Å². The van der Waals surface area contributed by atoms with Gasteiger partial charge in [-0.2, -0.15) is 0 Å². The summed E-state index contributed by atoms with van der Waals surface area (Å²) in [6.45, 7) is 5.43. The van der Waals surface area contributed by atoms with Gasteiger partial charge in [-0.05, 0) is 35.8 Å². The molecule has 0 aliphatic heterocycles. The van der Waals surface area contributed by atoms with E-state index in [-0.39, 0.29) is 0 Å². The minimum atomic E-state index is 0.613. The predicted molar refractivity (Wildman–Crippen MR) is 79.2 cm³/mol. The highest BCUT2D eigenvalue weighted by Crippen LogP contribution is 2.26. The molecule has 1 aromatic rings. The molecule has 0 heterocycles. The highest BCUT2D eigenvalue weighted by molar-refractivity contribution is 6.18. The molecule has 0 bridgehead atoms. The SMILES string of the molecule is CC(C)c1ccc(CNC2CCCC2CCl)cc1. The summed E-state index contributed by atoms with van der Waals surface area (Å²) in [6, 6.07) is 9.59. The van der Waals surface area contributed by atoms with Gasteiger partial charge < -0.3 is 5.32 Å². The van der Waals surface area contributed by atoms with Crippen molar-refractivity contribution in [2.75, 3.05) is 5.88 Å². The highest BCUT2D eigenvalue weighted by Gasteiger charge is 2.25. The van der Waals surface area contributed by atoms with E-state index in [1.54, 1.807) is 0 Å². The van der Waals surface area contributed by atoms with Gasteiger partial charge in [0.2, 0.25) is 0 Å². The van der Waals surface area contributed by atoms with Crippen LogP contribution in [0, 0.1) is 5.92 Å². The summed E-state index contributed by atoms with van der Waals surface area (Å²) in [6.07, 6.45) is 3.89. The highest BCUT2D eigenvalue weighted by atomic mass is 35.5. The van der Waals surface area contributed by atoms with E-state index in [0.717, 1.165) is 12.4 Å². The number of rotatable bonds is 5. The minimum Gasteiger partial charge on any atom is -0.310 e. The van der Waals surface area contributed by atoms with E-state index < -0.39 is 0 Å². The third kappa shape index (κ3) is 3.49. The van der Waals surface area contributed by atoms with Gasteiger partial charge in [0.15, 0.2) is 0 Å². The molecule has 0 spiro atoms. The van der Waals surface area contributed by atoms with Gasteiger partial charge >= 0.3 is 0 Å². The maximum atomic E-state index is 6.00. The average molecular weight is 266 g/mol. The molecular formula is C16H24ClN. The molecule has 1 N–H and O–H groups in total. The Kier molecular flexibility index (Phi) is 5.08. The van der Waals surface area contributed by atoms with E-state index >= 15 is 0 Å². The normalized spacial score (nSPS) is 23.8. The van der Waals surface area contributed by atoms with Gasteiger partial charge in [0.05, 0.1) is 0 Å². The maximum Gasteiger partial charge on any atom is 0.0266 e. The number of alkyl halides is 1. The van der Waals surface area contributed by atoms with Crippen molar-refractivity contribution in [3.8, 4) is 0 Å². The Morgan fingerprint density at radius 1 is 1.22 bits per heavy atom. The Balaban J connectivity index is 1.86. The smallest absolute Gasteiger partial charge is 0.0266 e. The van der Waals surface area contributed by atoms with Crippen molar-refractivity contribution in [3.63, 3.8) is 0 Å². The monoisotopic (exact) mass is 265 g/mol. The largest absolute Gasteiger partial charge is 0.310 e. The first-order chi connectivity index (χ1) is 8.70. The van der Waals surface area contributed by atoms with E-state index in [9.17, 15) is 0 Å². The fourth-order valence-corrected chi connectivity index (χ4v) is 3.13. The zero-order valence-electron chi connectivity index (χ0n) is 11.5. The van der Waals surface area contributed by atoms with Crippen LogP contribution in [0.5, 0.6) is 0 Å². The fraction of sp³-hybridized carbons (Fsp3) is 0.625. The second-order valence-corrected chi connectivity index (χ2v) is 6.04. The molecule has 18 heavy (non-hydrogen) atoms. The van der Waals surface area contributed by atoms with Gasteiger partial charge in [-0.1, -0.05) is 44.5 Å². The van der Waals surface area contributed by atoms with Crippen LogP contribution < -0.4 is 5.32 Å². The topological polar surface area (TPSA) is 12.0 Å². The summed E-state index contributed by atoms with van der Waals surface area (Å²) in [5.41, 5.74) is 2.79. The van der Waals surface area contributed by atoms with Gasteiger partial charge in [-0.15, -0.1) is 11.6 Å². The second kappa shape index (κ2) is 6.58. The van der Waals surface area contributed by atoms with Crippen LogP contribution in [0.3, 0.4) is 0 Å². The molecule has 1 nitrogen and oxygen atoms in total. The summed E-state index contributed by atoms with van der Waals surface area (Å²) in [5, 5.41) is 3.66. The zero-order chi connectivity index (χ0) is 13.0. The molecule has 1 saturated carbocycles. The van der Waals surface area contributed by atoms with E-state index in [1.165, 1.54) is 30.4 Å². The Hall–Kier alpha value is -0.530. The fourth-order valence-electron chi connectivity index (χ4n) is 2.76. The van der Waals surface area contributed by atoms with Crippen LogP contribution in [-0.4, -0.2) is 11.9 Å². The van der Waals surface area contributed by atoms with Crippen LogP contribution in [0.2, 0.25) is 0 Å². The number of benzene rings is 1. The summed E-state index contributed by atoms with van der Waals surface area (Å²) >= 11 is 6.00. The Morgan fingerprint density at radius 2 is 1.94 bits per heavy atom. The van der Waals surface area contributed by atoms with Crippen LogP contribution in [0.15, 0.2) is 24.3 Å². The lowest BCUT2D eigenvalue weighted by atomic mass is 10.0. The predicted octanol–water partition coefficient (Wildman–Crippen LogP) is 4.31. The van der Waals surface area contributed by atoms with Crippen molar-refractivity contribution in [3.05, 3.63) is 35.4 Å². The molecule has 1 aliphatic rings. The number of hydrogen-bond donors (Lipinski definition) is 1. The second-order valence-electron chi connectivity index (χ2n) is 5.73. The lowest BCUT2D eigenvalue weighted by Gasteiger charge is -2.19. The molecule has 0 saturated heterocycles. The van der Waals surface area contributed by atoms with Crippen molar-refractivity contribution in [2.45, 2.75) is 51.6 Å². The van der Waals surface area contributed by atoms with Crippen molar-refractivity contribution in [2.24, 2.45) is 5.92 Å². The quantitative estimate of drug-likeness (QED) is 0.783. The number of halogens is 1. The maximum absolute atomic E-state index is 6.00. The Morgan fingerprint density at radius 3 is 2.56 bits per heavy atom. The van der Waals surface area contributed by atoms with Gasteiger partial charge in [0.25, 0.3) is 0 Å². The summed E-state index contributed by atoms with van der Waals surface area (Å²) in [7, 11) is 0. The number of hydrogen-bond acceptors (Lipinski definition) is 1. The lowest BCUT2D eigenvalue weighted by Crippen LogP contribution is -2.32. The van der Waals surface area contributed by atoms with E-state index in [4.69, 9.17) is 11.6 Å². The molecule has 2 unspecified atom stereocenters. The first-order valence-electron chi connectivity index (χ1n) is 7.09. The van der Waals surface area contributed by atoms with Crippen LogP contribution in [0.1, 0.15) is 50.2 Å². The first-order valence-corrected chi connectivity index (χ1v) is 7.62. The molecule has 1 fully saturated rings. The molecule has 2 atom stereocenters. The number of nitrogens with one attached hydrogen (secondary N) is 1. The molecule has 2 rings (SSSR count). The van der Waals surface area contributed by atoms with Crippen molar-refractivity contribution in [1.82, 2.24) is 5.32 Å². The third-order valence-electron chi connectivity index (χ3n) is 4.07. The molecule has 1 aromatic carbocycles. The Bertz CT molecular complexity index is 358. The van der Waals surface area contributed by atoms with E-state index in [0.29, 0.717) is 17.9 Å². The van der Waals surface area contributed by atoms with Crippen molar-refractivity contribution in [1.29, 1.82) is 0 Å². The minimum absolute atomic E-state index is 0.613. The molecule has 0 amide bonds. The van der Waals surface area contributed by atoms with Crippen LogP contribution in [0.25, 0.3) is 0 Å². The Labute approximate surface area is 116 Å². The molecule has 100 valence electrons. The van der Waals surface area contributed by atoms with Gasteiger partial charge in [-0.3, -0.25) is 0 Å². The summed E-state index contributed by atoms with van der Waals surface area (Å²) in [4.78, 5) is 0. The average Bonchev–Trinajstić information content (AvgIpc) is 2.84. The van der Waals surface area contributed by atoms with Gasteiger partial charge in [0, 0.05) is 18.5 Å². The van der Waals surface area contributed by atoms with Crippen LogP contribution >= 0.6 is 11.6 Å². The van der Waals surface area contributed by atoms with Gasteiger partial charge in [0.1, 0.15) is 0 Å². The summed E-state index contributed by atoms with van der Waals surface area (Å²) in [5.74, 6) is 2.08.